The summed E-state index contributed by atoms with van der Waals surface area (Å²) >= 11 is 0. The number of carboxylic acid groups (broad SMARTS) is 1. The van der Waals surface area contributed by atoms with Crippen LogP contribution in [-0.4, -0.2) is 16.1 Å². The van der Waals surface area contributed by atoms with Gasteiger partial charge in [0.05, 0.1) is 5.92 Å². The van der Waals surface area contributed by atoms with Crippen molar-refractivity contribution in [3.63, 3.8) is 0 Å². The first-order valence-corrected chi connectivity index (χ1v) is 6.28. The lowest BCUT2D eigenvalue weighted by Crippen LogP contribution is -2.15. The zero-order valence-electron chi connectivity index (χ0n) is 11.1. The number of aromatic nitrogens is 1. The lowest BCUT2D eigenvalue weighted by molar-refractivity contribution is -0.138. The number of hydrogen-bond acceptors (Lipinski definition) is 2. The number of nitrogens with zero attached hydrogens (tertiary/aromatic N) is 1. The topological polar surface area (TPSA) is 50.2 Å². The van der Waals surface area contributed by atoms with Crippen molar-refractivity contribution < 1.29 is 9.90 Å². The summed E-state index contributed by atoms with van der Waals surface area (Å²) in [6, 6.07) is 11.5. The molecule has 1 unspecified atom stereocenters. The van der Waals surface area contributed by atoms with Gasteiger partial charge in [0.15, 0.2) is 0 Å². The molecule has 0 saturated heterocycles. The molecule has 0 aliphatic heterocycles. The molecule has 3 nitrogen and oxygen atoms in total. The van der Waals surface area contributed by atoms with Crippen LogP contribution >= 0.6 is 0 Å². The fourth-order valence-electron chi connectivity index (χ4n) is 2.07. The summed E-state index contributed by atoms with van der Waals surface area (Å²) in [5, 5.41) is 9.42. The van der Waals surface area contributed by atoms with Crippen LogP contribution in [0.5, 0.6) is 0 Å². The summed E-state index contributed by atoms with van der Waals surface area (Å²) < 4.78 is 0. The van der Waals surface area contributed by atoms with Crippen molar-refractivity contribution in [2.75, 3.05) is 0 Å². The van der Waals surface area contributed by atoms with Crippen molar-refractivity contribution in [1.82, 2.24) is 4.98 Å². The van der Waals surface area contributed by atoms with E-state index in [9.17, 15) is 9.90 Å². The van der Waals surface area contributed by atoms with Gasteiger partial charge in [-0.3, -0.25) is 9.78 Å². The molecule has 1 aromatic carbocycles. The van der Waals surface area contributed by atoms with Crippen molar-refractivity contribution in [3.05, 3.63) is 65.0 Å². The third-order valence-electron chi connectivity index (χ3n) is 3.29. The highest BCUT2D eigenvalue weighted by Gasteiger charge is 2.21. The molecule has 0 fully saturated rings. The molecule has 98 valence electrons. The molecule has 0 saturated carbocycles. The quantitative estimate of drug-likeness (QED) is 0.913. The smallest absolute Gasteiger partial charge is 0.311 e. The van der Waals surface area contributed by atoms with Crippen LogP contribution in [0, 0.1) is 13.8 Å². The molecular formula is C16H17NO2. The Morgan fingerprint density at radius 1 is 1.21 bits per heavy atom. The summed E-state index contributed by atoms with van der Waals surface area (Å²) in [6.07, 6.45) is 2.13. The lowest BCUT2D eigenvalue weighted by atomic mass is 9.92. The zero-order valence-corrected chi connectivity index (χ0v) is 11.1. The van der Waals surface area contributed by atoms with E-state index in [0.29, 0.717) is 6.42 Å². The number of pyridine rings is 1. The number of aliphatic carboxylic acids is 1. The van der Waals surface area contributed by atoms with E-state index < -0.39 is 11.9 Å². The molecule has 2 aromatic rings. The van der Waals surface area contributed by atoms with Crippen molar-refractivity contribution in [3.8, 4) is 0 Å². The van der Waals surface area contributed by atoms with Crippen LogP contribution in [0.25, 0.3) is 0 Å². The summed E-state index contributed by atoms with van der Waals surface area (Å²) in [7, 11) is 0. The highest BCUT2D eigenvalue weighted by Crippen LogP contribution is 2.22. The maximum absolute atomic E-state index is 11.5. The van der Waals surface area contributed by atoms with E-state index in [4.69, 9.17) is 0 Å². The molecule has 0 aliphatic rings. The van der Waals surface area contributed by atoms with Gasteiger partial charge in [-0.25, -0.2) is 0 Å². The number of carbonyl (C=O) groups is 1. The van der Waals surface area contributed by atoms with E-state index in [1.165, 1.54) is 0 Å². The van der Waals surface area contributed by atoms with Crippen molar-refractivity contribution >= 4 is 5.97 Å². The van der Waals surface area contributed by atoms with Crippen molar-refractivity contribution in [1.29, 1.82) is 0 Å². The predicted octanol–water partition coefficient (Wildman–Crippen LogP) is 3.11. The molecule has 19 heavy (non-hydrogen) atoms. The Morgan fingerprint density at radius 2 is 1.89 bits per heavy atom. The Kier molecular flexibility index (Phi) is 3.95. The van der Waals surface area contributed by atoms with Gasteiger partial charge < -0.3 is 5.11 Å². The molecule has 0 amide bonds. The molecule has 1 N–H and O–H groups in total. The first-order chi connectivity index (χ1) is 9.08. The zero-order chi connectivity index (χ0) is 13.8. The number of benzene rings is 1. The highest BCUT2D eigenvalue weighted by atomic mass is 16.4. The number of hydrogen-bond donors (Lipinski definition) is 1. The average molecular weight is 255 g/mol. The van der Waals surface area contributed by atoms with E-state index in [2.05, 4.69) is 4.98 Å². The minimum absolute atomic E-state index is 0.422. The van der Waals surface area contributed by atoms with E-state index in [0.717, 1.165) is 22.4 Å². The van der Waals surface area contributed by atoms with Gasteiger partial charge in [0.2, 0.25) is 0 Å². The van der Waals surface area contributed by atoms with Crippen molar-refractivity contribution in [2.24, 2.45) is 0 Å². The van der Waals surface area contributed by atoms with Gasteiger partial charge in [-0.2, -0.15) is 0 Å². The summed E-state index contributed by atoms with van der Waals surface area (Å²) in [4.78, 5) is 15.8. The molecule has 2 rings (SSSR count). The third-order valence-corrected chi connectivity index (χ3v) is 3.29. The van der Waals surface area contributed by atoms with Gasteiger partial charge >= 0.3 is 5.97 Å². The van der Waals surface area contributed by atoms with Crippen LogP contribution in [0.1, 0.15) is 28.3 Å². The van der Waals surface area contributed by atoms with Gasteiger partial charge in [0.25, 0.3) is 0 Å². The molecule has 1 atom stereocenters. The molecular weight excluding hydrogens is 238 g/mol. The van der Waals surface area contributed by atoms with Crippen LogP contribution < -0.4 is 0 Å². The number of aryl methyl sites for hydroxylation is 2. The molecule has 0 aliphatic carbocycles. The minimum Gasteiger partial charge on any atom is -0.481 e. The summed E-state index contributed by atoms with van der Waals surface area (Å²) in [5.41, 5.74) is 3.82. The molecule has 1 aromatic heterocycles. The first kappa shape index (κ1) is 13.3. The summed E-state index contributed by atoms with van der Waals surface area (Å²) in [5.74, 6) is -1.36. The Labute approximate surface area is 112 Å². The number of rotatable bonds is 4. The first-order valence-electron chi connectivity index (χ1n) is 6.28. The minimum atomic E-state index is -0.811. The second kappa shape index (κ2) is 5.65. The fourth-order valence-corrected chi connectivity index (χ4v) is 2.07. The normalized spacial score (nSPS) is 12.1. The average Bonchev–Trinajstić information content (AvgIpc) is 2.39. The maximum atomic E-state index is 11.5. The number of carboxylic acids is 1. The van der Waals surface area contributed by atoms with Gasteiger partial charge in [-0.1, -0.05) is 35.9 Å². The fraction of sp³-hybridized carbons (Fsp3) is 0.250. The third kappa shape index (κ3) is 3.19. The Morgan fingerprint density at radius 3 is 2.47 bits per heavy atom. The van der Waals surface area contributed by atoms with Crippen LogP contribution in [0.15, 0.2) is 42.6 Å². The van der Waals surface area contributed by atoms with E-state index in [1.807, 2.05) is 50.2 Å². The van der Waals surface area contributed by atoms with Crippen LogP contribution in [0.3, 0.4) is 0 Å². The molecule has 1 heterocycles. The van der Waals surface area contributed by atoms with Gasteiger partial charge in [0, 0.05) is 18.3 Å². The van der Waals surface area contributed by atoms with Crippen LogP contribution in [0.4, 0.5) is 0 Å². The maximum Gasteiger partial charge on any atom is 0.311 e. The van der Waals surface area contributed by atoms with Gasteiger partial charge in [-0.15, -0.1) is 0 Å². The largest absolute Gasteiger partial charge is 0.481 e. The van der Waals surface area contributed by atoms with E-state index >= 15 is 0 Å². The Hall–Kier alpha value is -2.16. The Bertz CT molecular complexity index is 576. The van der Waals surface area contributed by atoms with Gasteiger partial charge in [-0.05, 0) is 31.0 Å². The van der Waals surface area contributed by atoms with Crippen molar-refractivity contribution in [2.45, 2.75) is 26.2 Å². The monoisotopic (exact) mass is 255 g/mol. The molecule has 3 heteroatoms. The Balaban J connectivity index is 2.29. The molecule has 0 bridgehead atoms. The molecule has 0 radical (unpaired) electrons. The highest BCUT2D eigenvalue weighted by molar-refractivity contribution is 5.76. The van der Waals surface area contributed by atoms with Crippen LogP contribution in [0.2, 0.25) is 0 Å². The molecule has 0 spiro atoms. The predicted molar refractivity (Wildman–Crippen MR) is 74.2 cm³/mol. The second-order valence-corrected chi connectivity index (χ2v) is 4.77. The van der Waals surface area contributed by atoms with E-state index in [1.54, 1.807) is 6.20 Å². The second-order valence-electron chi connectivity index (χ2n) is 4.77. The van der Waals surface area contributed by atoms with Gasteiger partial charge in [0.1, 0.15) is 0 Å². The van der Waals surface area contributed by atoms with E-state index in [-0.39, 0.29) is 0 Å². The standard InChI is InChI=1S/C16H17NO2/c1-11-5-7-13(8-6-11)14(16(18)19)10-15-12(2)4-3-9-17-15/h3-9,14H,10H2,1-2H3,(H,18,19). The SMILES string of the molecule is Cc1ccc(C(Cc2ncccc2C)C(=O)O)cc1. The summed E-state index contributed by atoms with van der Waals surface area (Å²) in [6.45, 7) is 3.94. The van der Waals surface area contributed by atoms with Crippen LogP contribution in [-0.2, 0) is 11.2 Å². The lowest BCUT2D eigenvalue weighted by Gasteiger charge is -2.14.